The van der Waals surface area contributed by atoms with Crippen molar-refractivity contribution in [2.24, 2.45) is 0 Å². The van der Waals surface area contributed by atoms with E-state index in [0.29, 0.717) is 4.90 Å². The van der Waals surface area contributed by atoms with Gasteiger partial charge in [0.2, 0.25) is 0 Å². The molecule has 0 unspecified atom stereocenters. The van der Waals surface area contributed by atoms with Crippen LogP contribution in [0.3, 0.4) is 0 Å². The van der Waals surface area contributed by atoms with E-state index in [4.69, 9.17) is 11.5 Å². The normalized spacial score (nSPS) is 11.8. The molecule has 0 aliphatic rings. The first kappa shape index (κ1) is 14.0. The summed E-state index contributed by atoms with van der Waals surface area (Å²) in [6.45, 7) is 2.04. The Kier molecular flexibility index (Phi) is 4.56. The molecule has 0 aromatic heterocycles. The van der Waals surface area contributed by atoms with Crippen molar-refractivity contribution in [3.8, 4) is 0 Å². The summed E-state index contributed by atoms with van der Waals surface area (Å²) in [4.78, 5) is 0.548. The molecule has 0 bridgehead atoms. The molecular formula is C11H15F3N2S. The Labute approximate surface area is 103 Å². The molecule has 0 heterocycles. The lowest BCUT2D eigenvalue weighted by Gasteiger charge is -2.13. The van der Waals surface area contributed by atoms with Crippen LogP contribution >= 0.6 is 11.8 Å². The number of thioether (sulfide) groups is 1. The maximum Gasteiger partial charge on any atom is 0.416 e. The summed E-state index contributed by atoms with van der Waals surface area (Å²) in [5.41, 5.74) is 10.6. The van der Waals surface area contributed by atoms with E-state index in [9.17, 15) is 13.2 Å². The molecule has 4 N–H and O–H groups in total. The number of hydrogen-bond donors (Lipinski definition) is 2. The van der Waals surface area contributed by atoms with Crippen LogP contribution in [0.4, 0.5) is 24.5 Å². The number of rotatable bonds is 4. The summed E-state index contributed by atoms with van der Waals surface area (Å²) in [6, 6.07) is 1.87. The van der Waals surface area contributed by atoms with Crippen LogP contribution in [0.25, 0.3) is 0 Å². The number of hydrogen-bond acceptors (Lipinski definition) is 3. The molecule has 0 aliphatic carbocycles. The predicted molar refractivity (Wildman–Crippen MR) is 65.9 cm³/mol. The Morgan fingerprint density at radius 3 is 2.12 bits per heavy atom. The van der Waals surface area contributed by atoms with Crippen LogP contribution in [-0.4, -0.2) is 5.75 Å². The average molecular weight is 264 g/mol. The molecule has 0 saturated heterocycles. The van der Waals surface area contributed by atoms with E-state index in [1.165, 1.54) is 11.8 Å². The van der Waals surface area contributed by atoms with E-state index >= 15 is 0 Å². The minimum absolute atomic E-state index is 0.0958. The highest BCUT2D eigenvalue weighted by Crippen LogP contribution is 2.38. The number of alkyl halides is 3. The maximum absolute atomic E-state index is 12.5. The highest BCUT2D eigenvalue weighted by Gasteiger charge is 2.31. The molecule has 1 aromatic rings. The molecule has 0 fully saturated rings. The van der Waals surface area contributed by atoms with Gasteiger partial charge in [-0.15, -0.1) is 11.8 Å². The van der Waals surface area contributed by atoms with Crippen molar-refractivity contribution in [3.63, 3.8) is 0 Å². The van der Waals surface area contributed by atoms with Crippen molar-refractivity contribution < 1.29 is 13.2 Å². The van der Waals surface area contributed by atoms with Crippen molar-refractivity contribution in [1.29, 1.82) is 0 Å². The average Bonchev–Trinajstić information content (AvgIpc) is 2.20. The molecule has 0 amide bonds. The van der Waals surface area contributed by atoms with E-state index in [1.54, 1.807) is 0 Å². The molecule has 0 spiro atoms. The summed E-state index contributed by atoms with van der Waals surface area (Å²) in [5.74, 6) is 0.802. The molecule has 0 saturated carbocycles. The van der Waals surface area contributed by atoms with E-state index in [2.05, 4.69) is 0 Å². The molecule has 96 valence electrons. The minimum Gasteiger partial charge on any atom is -0.398 e. The summed E-state index contributed by atoms with van der Waals surface area (Å²) < 4.78 is 37.4. The zero-order valence-corrected chi connectivity index (χ0v) is 10.3. The maximum atomic E-state index is 12.5. The van der Waals surface area contributed by atoms with Crippen LogP contribution in [0.2, 0.25) is 0 Å². The molecule has 17 heavy (non-hydrogen) atoms. The van der Waals surface area contributed by atoms with Gasteiger partial charge in [-0.1, -0.05) is 13.3 Å². The minimum atomic E-state index is -4.41. The SMILES string of the molecule is CCCCSc1c(N)cc(C(F)(F)F)cc1N. The van der Waals surface area contributed by atoms with Gasteiger partial charge in [-0.25, -0.2) is 0 Å². The third-order valence-corrected chi connectivity index (χ3v) is 3.47. The first-order valence-corrected chi connectivity index (χ1v) is 6.23. The van der Waals surface area contributed by atoms with Crippen LogP contribution in [-0.2, 0) is 6.18 Å². The lowest BCUT2D eigenvalue weighted by Crippen LogP contribution is -2.08. The van der Waals surface area contributed by atoms with E-state index in [-0.39, 0.29) is 11.4 Å². The van der Waals surface area contributed by atoms with Gasteiger partial charge in [-0.3, -0.25) is 0 Å². The van der Waals surface area contributed by atoms with E-state index < -0.39 is 11.7 Å². The predicted octanol–water partition coefficient (Wildman–Crippen LogP) is 3.76. The molecule has 0 atom stereocenters. The quantitative estimate of drug-likeness (QED) is 0.494. The Balaban J connectivity index is 2.95. The highest BCUT2D eigenvalue weighted by molar-refractivity contribution is 7.99. The Morgan fingerprint density at radius 2 is 1.71 bits per heavy atom. The van der Waals surface area contributed by atoms with Gasteiger partial charge in [0.05, 0.1) is 10.5 Å². The van der Waals surface area contributed by atoms with Gasteiger partial charge in [-0.05, 0) is 24.3 Å². The Hall–Kier alpha value is -1.04. The van der Waals surface area contributed by atoms with Crippen molar-refractivity contribution in [2.45, 2.75) is 30.8 Å². The second-order valence-electron chi connectivity index (χ2n) is 3.68. The van der Waals surface area contributed by atoms with Gasteiger partial charge >= 0.3 is 6.18 Å². The van der Waals surface area contributed by atoms with Crippen molar-refractivity contribution in [3.05, 3.63) is 17.7 Å². The fourth-order valence-corrected chi connectivity index (χ4v) is 2.41. The zero-order valence-electron chi connectivity index (χ0n) is 9.47. The number of nitrogen functional groups attached to an aromatic ring is 2. The zero-order chi connectivity index (χ0) is 13.1. The third-order valence-electron chi connectivity index (χ3n) is 2.22. The molecule has 6 heteroatoms. The van der Waals surface area contributed by atoms with E-state index in [0.717, 1.165) is 30.7 Å². The van der Waals surface area contributed by atoms with Gasteiger partial charge in [0.25, 0.3) is 0 Å². The Morgan fingerprint density at radius 1 is 1.18 bits per heavy atom. The van der Waals surface area contributed by atoms with Crippen LogP contribution < -0.4 is 11.5 Å². The molecular weight excluding hydrogens is 249 g/mol. The highest BCUT2D eigenvalue weighted by atomic mass is 32.2. The van der Waals surface area contributed by atoms with Gasteiger partial charge < -0.3 is 11.5 Å². The smallest absolute Gasteiger partial charge is 0.398 e. The lowest BCUT2D eigenvalue weighted by molar-refractivity contribution is -0.137. The summed E-state index contributed by atoms with van der Waals surface area (Å²) in [7, 11) is 0. The fourth-order valence-electron chi connectivity index (χ4n) is 1.32. The van der Waals surface area contributed by atoms with Crippen LogP contribution in [0.15, 0.2) is 17.0 Å². The van der Waals surface area contributed by atoms with Crippen molar-refractivity contribution >= 4 is 23.1 Å². The second kappa shape index (κ2) is 5.53. The number of benzene rings is 1. The van der Waals surface area contributed by atoms with Crippen molar-refractivity contribution in [2.75, 3.05) is 17.2 Å². The molecule has 2 nitrogen and oxygen atoms in total. The largest absolute Gasteiger partial charge is 0.416 e. The summed E-state index contributed by atoms with van der Waals surface area (Å²) >= 11 is 1.40. The second-order valence-corrected chi connectivity index (χ2v) is 4.79. The molecule has 1 aromatic carbocycles. The summed E-state index contributed by atoms with van der Waals surface area (Å²) in [6.07, 6.45) is -2.41. The molecule has 0 aliphatic heterocycles. The van der Waals surface area contributed by atoms with Crippen LogP contribution in [0.1, 0.15) is 25.3 Å². The van der Waals surface area contributed by atoms with Crippen LogP contribution in [0, 0.1) is 0 Å². The first-order valence-electron chi connectivity index (χ1n) is 5.25. The van der Waals surface area contributed by atoms with Gasteiger partial charge in [0, 0.05) is 11.4 Å². The standard InChI is InChI=1S/C11H15F3N2S/c1-2-3-4-17-10-8(15)5-7(6-9(10)16)11(12,13)14/h5-6H,2-4,15-16H2,1H3. The number of anilines is 2. The van der Waals surface area contributed by atoms with Crippen molar-refractivity contribution in [1.82, 2.24) is 0 Å². The lowest BCUT2D eigenvalue weighted by atomic mass is 10.1. The molecule has 1 rings (SSSR count). The number of nitrogens with two attached hydrogens (primary N) is 2. The number of halogens is 3. The Bertz CT molecular complexity index is 368. The summed E-state index contributed by atoms with van der Waals surface area (Å²) in [5, 5.41) is 0. The van der Waals surface area contributed by atoms with Gasteiger partial charge in [-0.2, -0.15) is 13.2 Å². The van der Waals surface area contributed by atoms with Gasteiger partial charge in [0.1, 0.15) is 0 Å². The number of unbranched alkanes of at least 4 members (excludes halogenated alkanes) is 1. The monoisotopic (exact) mass is 264 g/mol. The van der Waals surface area contributed by atoms with E-state index in [1.807, 2.05) is 6.92 Å². The first-order chi connectivity index (χ1) is 7.86. The van der Waals surface area contributed by atoms with Gasteiger partial charge in [0.15, 0.2) is 0 Å². The van der Waals surface area contributed by atoms with Crippen LogP contribution in [0.5, 0.6) is 0 Å². The third kappa shape index (κ3) is 3.73. The fraction of sp³-hybridized carbons (Fsp3) is 0.455. The topological polar surface area (TPSA) is 52.0 Å². The molecule has 0 radical (unpaired) electrons.